The van der Waals surface area contributed by atoms with Crippen molar-refractivity contribution in [2.45, 2.75) is 23.8 Å². The summed E-state index contributed by atoms with van der Waals surface area (Å²) in [4.78, 5) is 13.8. The van der Waals surface area contributed by atoms with Crippen molar-refractivity contribution in [3.8, 4) is 0 Å². The van der Waals surface area contributed by atoms with E-state index in [1.54, 1.807) is 0 Å². The molecule has 1 fully saturated rings. The van der Waals surface area contributed by atoms with Crippen LogP contribution in [0.5, 0.6) is 0 Å². The Morgan fingerprint density at radius 1 is 1.24 bits per heavy atom. The van der Waals surface area contributed by atoms with Crippen molar-refractivity contribution in [2.24, 2.45) is 5.92 Å². The summed E-state index contributed by atoms with van der Waals surface area (Å²) in [6, 6.07) is 6.05. The van der Waals surface area contributed by atoms with E-state index < -0.39 is 10.0 Å². The first kappa shape index (κ1) is 19.8. The molecule has 1 aliphatic rings. The number of hydrogen-bond acceptors (Lipinski definition) is 5. The second-order valence-electron chi connectivity index (χ2n) is 6.67. The normalized spacial score (nSPS) is 22.6. The van der Waals surface area contributed by atoms with Crippen molar-refractivity contribution in [1.82, 2.24) is 14.5 Å². The van der Waals surface area contributed by atoms with Gasteiger partial charge in [-0.2, -0.15) is 4.31 Å². The van der Waals surface area contributed by atoms with Gasteiger partial charge in [0.25, 0.3) is 5.91 Å². The summed E-state index contributed by atoms with van der Waals surface area (Å²) in [6.07, 6.45) is 1.64. The van der Waals surface area contributed by atoms with Gasteiger partial charge in [0.05, 0.1) is 4.90 Å². The van der Waals surface area contributed by atoms with Crippen LogP contribution in [0.2, 0.25) is 0 Å². The highest BCUT2D eigenvalue weighted by Crippen LogP contribution is 2.25. The van der Waals surface area contributed by atoms with Gasteiger partial charge in [0.2, 0.25) is 10.0 Å². The average molecular weight is 369 g/mol. The number of carbonyl (C=O) groups excluding carboxylic acids is 1. The molecule has 0 saturated carbocycles. The molecular weight excluding hydrogens is 342 g/mol. The van der Waals surface area contributed by atoms with Crippen molar-refractivity contribution < 1.29 is 18.3 Å². The molecule has 1 aliphatic heterocycles. The lowest BCUT2D eigenvalue weighted by molar-refractivity contribution is 0.0963. The maximum absolute atomic E-state index is 13.0. The van der Waals surface area contributed by atoms with Crippen LogP contribution in [-0.2, 0) is 10.0 Å². The standard InChI is InChI=1S/C17H27N3O4S/c1-18-17(22)14-5-8-16(9-6-14)25(23,24)20-10-13(12-21)4-7-15(11-20)19(2)3/h5-6,8-9,13,15,21H,4,7,10-12H2,1-3H3,(H,18,22)/t13-,15+/m0/s1. The Balaban J connectivity index is 2.30. The van der Waals surface area contributed by atoms with Gasteiger partial charge in [-0.3, -0.25) is 4.79 Å². The van der Waals surface area contributed by atoms with E-state index in [0.717, 1.165) is 12.8 Å². The molecule has 7 nitrogen and oxygen atoms in total. The lowest BCUT2D eigenvalue weighted by atomic mass is 10.0. The average Bonchev–Trinajstić information content (AvgIpc) is 2.84. The van der Waals surface area contributed by atoms with Crippen LogP contribution >= 0.6 is 0 Å². The fourth-order valence-corrected chi connectivity index (χ4v) is 4.60. The maximum atomic E-state index is 13.0. The Hall–Kier alpha value is -1.48. The Kier molecular flexibility index (Phi) is 6.56. The third kappa shape index (κ3) is 4.58. The minimum Gasteiger partial charge on any atom is -0.396 e. The Morgan fingerprint density at radius 2 is 1.88 bits per heavy atom. The molecule has 140 valence electrons. The second kappa shape index (κ2) is 8.27. The third-order valence-corrected chi connectivity index (χ3v) is 6.60. The van der Waals surface area contributed by atoms with Gasteiger partial charge < -0.3 is 15.3 Å². The Bertz CT molecular complexity index is 688. The van der Waals surface area contributed by atoms with Crippen LogP contribution < -0.4 is 5.32 Å². The third-order valence-electron chi connectivity index (χ3n) is 4.75. The fourth-order valence-electron chi connectivity index (χ4n) is 3.05. The molecule has 0 spiro atoms. The van der Waals surface area contributed by atoms with Crippen LogP contribution in [0, 0.1) is 5.92 Å². The van der Waals surface area contributed by atoms with Gasteiger partial charge in [-0.15, -0.1) is 0 Å². The minimum absolute atomic E-state index is 0.0260. The highest BCUT2D eigenvalue weighted by atomic mass is 32.2. The van der Waals surface area contributed by atoms with Gasteiger partial charge in [-0.05, 0) is 57.1 Å². The summed E-state index contributed by atoms with van der Waals surface area (Å²) < 4.78 is 27.5. The summed E-state index contributed by atoms with van der Waals surface area (Å²) >= 11 is 0. The van der Waals surface area contributed by atoms with Crippen LogP contribution in [0.4, 0.5) is 0 Å². The molecule has 2 atom stereocenters. The van der Waals surface area contributed by atoms with Crippen LogP contribution in [0.15, 0.2) is 29.2 Å². The summed E-state index contributed by atoms with van der Waals surface area (Å²) in [5.41, 5.74) is 0.414. The molecular formula is C17H27N3O4S. The lowest BCUT2D eigenvalue weighted by Gasteiger charge is -2.28. The van der Waals surface area contributed by atoms with Crippen LogP contribution in [0.3, 0.4) is 0 Å². The van der Waals surface area contributed by atoms with Gasteiger partial charge >= 0.3 is 0 Å². The number of sulfonamides is 1. The molecule has 2 rings (SSSR count). The molecule has 1 aromatic rings. The first-order valence-corrected chi connectivity index (χ1v) is 9.83. The predicted molar refractivity (Wildman–Crippen MR) is 95.9 cm³/mol. The summed E-state index contributed by atoms with van der Waals surface area (Å²) in [5, 5.41) is 12.1. The zero-order valence-corrected chi connectivity index (χ0v) is 15.8. The summed E-state index contributed by atoms with van der Waals surface area (Å²) in [5.74, 6) is -0.323. The molecule has 0 radical (unpaired) electrons. The van der Waals surface area contributed by atoms with Gasteiger partial charge in [0.15, 0.2) is 0 Å². The molecule has 8 heteroatoms. The van der Waals surface area contributed by atoms with E-state index in [9.17, 15) is 18.3 Å². The minimum atomic E-state index is -3.68. The molecule has 0 aromatic heterocycles. The topological polar surface area (TPSA) is 90.0 Å². The molecule has 0 unspecified atom stereocenters. The number of nitrogens with one attached hydrogen (secondary N) is 1. The molecule has 25 heavy (non-hydrogen) atoms. The number of amides is 1. The molecule has 0 bridgehead atoms. The van der Waals surface area contributed by atoms with E-state index in [2.05, 4.69) is 5.32 Å². The smallest absolute Gasteiger partial charge is 0.251 e. The molecule has 2 N–H and O–H groups in total. The quantitative estimate of drug-likeness (QED) is 0.783. The fraction of sp³-hybridized carbons (Fsp3) is 0.588. The van der Waals surface area contributed by atoms with E-state index in [-0.39, 0.29) is 29.4 Å². The van der Waals surface area contributed by atoms with Crippen molar-refractivity contribution in [3.63, 3.8) is 0 Å². The van der Waals surface area contributed by atoms with Crippen molar-refractivity contribution >= 4 is 15.9 Å². The Labute approximate surface area is 149 Å². The van der Waals surface area contributed by atoms with Crippen molar-refractivity contribution in [3.05, 3.63) is 29.8 Å². The number of aliphatic hydroxyl groups excluding tert-OH is 1. The summed E-state index contributed by atoms with van der Waals surface area (Å²) in [7, 11) is 1.72. The van der Waals surface area contributed by atoms with E-state index >= 15 is 0 Å². The highest BCUT2D eigenvalue weighted by Gasteiger charge is 2.33. The molecule has 1 heterocycles. The van der Waals surface area contributed by atoms with Crippen molar-refractivity contribution in [2.75, 3.05) is 40.8 Å². The number of aliphatic hydroxyl groups is 1. The SMILES string of the molecule is CNC(=O)c1ccc(S(=O)(=O)N2C[C@@H](CO)CC[C@@H](N(C)C)C2)cc1. The van der Waals surface area contributed by atoms with Gasteiger partial charge in [-0.25, -0.2) is 8.42 Å². The zero-order chi connectivity index (χ0) is 18.6. The second-order valence-corrected chi connectivity index (χ2v) is 8.61. The highest BCUT2D eigenvalue weighted by molar-refractivity contribution is 7.89. The first-order valence-electron chi connectivity index (χ1n) is 8.39. The number of hydrogen-bond donors (Lipinski definition) is 2. The van der Waals surface area contributed by atoms with E-state index in [4.69, 9.17) is 0 Å². The van der Waals surface area contributed by atoms with Crippen LogP contribution in [-0.4, -0.2) is 75.5 Å². The number of carbonyl (C=O) groups is 1. The number of rotatable bonds is 5. The lowest BCUT2D eigenvalue weighted by Crippen LogP contribution is -2.42. The van der Waals surface area contributed by atoms with Crippen LogP contribution in [0.25, 0.3) is 0 Å². The number of nitrogens with zero attached hydrogens (tertiary/aromatic N) is 2. The first-order chi connectivity index (χ1) is 11.8. The number of benzene rings is 1. The number of likely N-dealkylation sites (N-methyl/N-ethyl adjacent to an activating group) is 1. The molecule has 1 saturated heterocycles. The largest absolute Gasteiger partial charge is 0.396 e. The van der Waals surface area contributed by atoms with E-state index in [0.29, 0.717) is 18.7 Å². The van der Waals surface area contributed by atoms with Gasteiger partial charge in [0, 0.05) is 38.3 Å². The van der Waals surface area contributed by atoms with Gasteiger partial charge in [0.1, 0.15) is 0 Å². The van der Waals surface area contributed by atoms with E-state index in [1.165, 1.54) is 35.6 Å². The molecule has 1 amide bonds. The predicted octanol–water partition coefficient (Wildman–Crippen LogP) is 0.369. The molecule has 0 aliphatic carbocycles. The summed E-state index contributed by atoms with van der Waals surface area (Å²) in [6.45, 7) is 0.672. The van der Waals surface area contributed by atoms with E-state index in [1.807, 2.05) is 19.0 Å². The van der Waals surface area contributed by atoms with Crippen molar-refractivity contribution in [1.29, 1.82) is 0 Å². The van der Waals surface area contributed by atoms with Gasteiger partial charge in [-0.1, -0.05) is 0 Å². The molecule has 1 aromatic carbocycles. The monoisotopic (exact) mass is 369 g/mol. The Morgan fingerprint density at radius 3 is 2.40 bits per heavy atom. The maximum Gasteiger partial charge on any atom is 0.251 e. The van der Waals surface area contributed by atoms with Crippen LogP contribution in [0.1, 0.15) is 23.2 Å². The zero-order valence-electron chi connectivity index (χ0n) is 15.0.